The zero-order valence-corrected chi connectivity index (χ0v) is 35.6. The van der Waals surface area contributed by atoms with Crippen LogP contribution in [0.4, 0.5) is 0 Å². The number of unbranched alkanes of at least 4 members (excludes halogenated alkanes) is 12. The minimum absolute atomic E-state index is 0.0199. The Kier molecular flexibility index (Phi) is 35.5. The van der Waals surface area contributed by atoms with Gasteiger partial charge in [-0.1, -0.05) is 145 Å². The Labute approximate surface area is 336 Å². The third-order valence-electron chi connectivity index (χ3n) is 9.12. The lowest BCUT2D eigenvalue weighted by Gasteiger charge is -2.31. The molecule has 2 unspecified atom stereocenters. The standard InChI is InChI=1S/C47H79NO7/c1-6-8-10-12-14-16-17-18-19-20-21-22-23-24-25-26-27-28-30-31-33-35-37-45(49)54-42-43(41-53-40-39-44(47(51)52)48(3,4)5)55-46(50)38-36-34-32-29-15-13-11-9-7-2/h9,11,14-16,18-19,21-22,29,34,36,43-44H,6-8,10,12-13,17,20,23-28,30-33,35,37-42H2,1-5H3/p+1/b11-9+,16-14+,19-18+,22-21+,29-15+,36-34+. The number of allylic oxidation sites excluding steroid dienone is 11. The van der Waals surface area contributed by atoms with E-state index >= 15 is 0 Å². The van der Waals surface area contributed by atoms with Gasteiger partial charge in [-0.2, -0.15) is 0 Å². The van der Waals surface area contributed by atoms with E-state index in [2.05, 4.69) is 74.6 Å². The van der Waals surface area contributed by atoms with Crippen LogP contribution in [0.25, 0.3) is 0 Å². The monoisotopic (exact) mass is 771 g/mol. The number of carboxylic acid groups (broad SMARTS) is 1. The summed E-state index contributed by atoms with van der Waals surface area (Å²) < 4.78 is 17.1. The fourth-order valence-electron chi connectivity index (χ4n) is 5.81. The van der Waals surface area contributed by atoms with E-state index in [1.165, 1.54) is 64.2 Å². The van der Waals surface area contributed by atoms with Crippen molar-refractivity contribution in [2.75, 3.05) is 41.0 Å². The molecule has 0 aliphatic heterocycles. The predicted octanol–water partition coefficient (Wildman–Crippen LogP) is 11.6. The molecule has 2 atom stereocenters. The summed E-state index contributed by atoms with van der Waals surface area (Å²) in [5, 5.41) is 9.59. The van der Waals surface area contributed by atoms with Gasteiger partial charge in [-0.25, -0.2) is 4.79 Å². The van der Waals surface area contributed by atoms with Crippen molar-refractivity contribution in [1.29, 1.82) is 0 Å². The zero-order valence-electron chi connectivity index (χ0n) is 35.6. The number of carboxylic acids is 1. The van der Waals surface area contributed by atoms with Crippen molar-refractivity contribution in [3.63, 3.8) is 0 Å². The quantitative estimate of drug-likeness (QED) is 0.0291. The predicted molar refractivity (Wildman–Crippen MR) is 229 cm³/mol. The van der Waals surface area contributed by atoms with Crippen LogP contribution in [0, 0.1) is 0 Å². The third kappa shape index (κ3) is 36.2. The minimum atomic E-state index is -0.891. The van der Waals surface area contributed by atoms with Gasteiger partial charge >= 0.3 is 17.9 Å². The second kappa shape index (κ2) is 37.7. The molecular weight excluding hydrogens is 691 g/mol. The highest BCUT2D eigenvalue weighted by Gasteiger charge is 2.31. The van der Waals surface area contributed by atoms with Crippen LogP contribution in [-0.4, -0.2) is 80.6 Å². The molecule has 0 aromatic heterocycles. The van der Waals surface area contributed by atoms with Crippen LogP contribution in [0.2, 0.25) is 0 Å². The molecule has 0 aromatic carbocycles. The first kappa shape index (κ1) is 51.8. The van der Waals surface area contributed by atoms with Crippen LogP contribution >= 0.6 is 0 Å². The highest BCUT2D eigenvalue weighted by atomic mass is 16.6. The molecule has 0 bridgehead atoms. The van der Waals surface area contributed by atoms with E-state index in [-0.39, 0.29) is 36.7 Å². The molecule has 0 aliphatic carbocycles. The van der Waals surface area contributed by atoms with Crippen molar-refractivity contribution < 1.29 is 38.2 Å². The lowest BCUT2D eigenvalue weighted by molar-refractivity contribution is -0.887. The summed E-state index contributed by atoms with van der Waals surface area (Å²) in [5.41, 5.74) is 0. The first-order valence-corrected chi connectivity index (χ1v) is 21.5. The molecule has 0 rings (SSSR count). The molecule has 0 saturated heterocycles. The van der Waals surface area contributed by atoms with E-state index in [4.69, 9.17) is 14.2 Å². The summed E-state index contributed by atoms with van der Waals surface area (Å²) in [6.45, 7) is 4.45. The van der Waals surface area contributed by atoms with Crippen LogP contribution in [-0.2, 0) is 28.6 Å². The van der Waals surface area contributed by atoms with Gasteiger partial charge in [0.25, 0.3) is 0 Å². The van der Waals surface area contributed by atoms with Crippen molar-refractivity contribution >= 4 is 17.9 Å². The number of carbonyl (C=O) groups excluding carboxylic acids is 2. The molecule has 55 heavy (non-hydrogen) atoms. The number of aliphatic carboxylic acids is 1. The fourth-order valence-corrected chi connectivity index (χ4v) is 5.81. The molecule has 0 aromatic rings. The maximum atomic E-state index is 12.6. The molecule has 0 saturated carbocycles. The van der Waals surface area contributed by atoms with Crippen molar-refractivity contribution in [1.82, 2.24) is 0 Å². The van der Waals surface area contributed by atoms with Gasteiger partial charge < -0.3 is 23.8 Å². The molecule has 0 amide bonds. The van der Waals surface area contributed by atoms with Gasteiger partial charge in [0.05, 0.1) is 40.8 Å². The maximum absolute atomic E-state index is 12.6. The number of carbonyl (C=O) groups is 3. The van der Waals surface area contributed by atoms with Crippen LogP contribution in [0.15, 0.2) is 72.9 Å². The molecule has 8 heteroatoms. The highest BCUT2D eigenvalue weighted by molar-refractivity contribution is 5.72. The van der Waals surface area contributed by atoms with Gasteiger partial charge in [0.15, 0.2) is 12.1 Å². The van der Waals surface area contributed by atoms with Crippen molar-refractivity contribution in [3.05, 3.63) is 72.9 Å². The Hall–Kier alpha value is -3.23. The van der Waals surface area contributed by atoms with Gasteiger partial charge in [-0.05, 0) is 64.2 Å². The summed E-state index contributed by atoms with van der Waals surface area (Å²) in [4.78, 5) is 36.8. The van der Waals surface area contributed by atoms with Gasteiger partial charge in [0.2, 0.25) is 0 Å². The average molecular weight is 771 g/mol. The second-order valence-electron chi connectivity index (χ2n) is 15.2. The number of esters is 2. The normalized spacial score (nSPS) is 13.7. The number of ether oxygens (including phenoxy) is 3. The van der Waals surface area contributed by atoms with Gasteiger partial charge in [0.1, 0.15) is 6.61 Å². The van der Waals surface area contributed by atoms with Gasteiger partial charge in [-0.3, -0.25) is 9.59 Å². The van der Waals surface area contributed by atoms with E-state index < -0.39 is 24.1 Å². The summed E-state index contributed by atoms with van der Waals surface area (Å²) in [5.74, 6) is -1.64. The van der Waals surface area contributed by atoms with E-state index in [1.807, 2.05) is 27.2 Å². The zero-order chi connectivity index (χ0) is 40.7. The molecule has 8 nitrogen and oxygen atoms in total. The largest absolute Gasteiger partial charge is 0.477 e. The lowest BCUT2D eigenvalue weighted by Crippen LogP contribution is -2.50. The number of hydrogen-bond acceptors (Lipinski definition) is 6. The SMILES string of the molecule is CC/C=C/C/C=C/C/C=C/CC(=O)OC(COCCC(C(=O)O)[N+](C)(C)C)COC(=O)CCCCCCCCCCC/C=C/C/C=C/C/C=C/CCCCC. The maximum Gasteiger partial charge on any atom is 0.362 e. The van der Waals surface area contributed by atoms with Gasteiger partial charge in [0, 0.05) is 12.8 Å². The summed E-state index contributed by atoms with van der Waals surface area (Å²) in [6, 6.07) is -0.631. The smallest absolute Gasteiger partial charge is 0.362 e. The summed E-state index contributed by atoms with van der Waals surface area (Å²) in [7, 11) is 5.48. The molecule has 0 spiro atoms. The van der Waals surface area contributed by atoms with Gasteiger partial charge in [-0.15, -0.1) is 0 Å². The third-order valence-corrected chi connectivity index (χ3v) is 9.12. The van der Waals surface area contributed by atoms with Crippen molar-refractivity contribution in [2.24, 2.45) is 0 Å². The number of nitrogens with zero attached hydrogens (tertiary/aromatic N) is 1. The molecular formula is C47H80NO7+. The molecule has 1 N–H and O–H groups in total. The van der Waals surface area contributed by atoms with E-state index in [1.54, 1.807) is 6.08 Å². The van der Waals surface area contributed by atoms with Crippen LogP contribution < -0.4 is 0 Å². The lowest BCUT2D eigenvalue weighted by atomic mass is 10.1. The molecule has 314 valence electrons. The van der Waals surface area contributed by atoms with E-state index in [0.717, 1.165) is 57.8 Å². The number of likely N-dealkylation sites (N-methyl/N-ethyl adjacent to an activating group) is 1. The Morgan fingerprint density at radius 1 is 0.582 bits per heavy atom. The average Bonchev–Trinajstić information content (AvgIpc) is 3.14. The second-order valence-corrected chi connectivity index (χ2v) is 15.2. The van der Waals surface area contributed by atoms with E-state index in [0.29, 0.717) is 12.8 Å². The summed E-state index contributed by atoms with van der Waals surface area (Å²) in [6.07, 6.45) is 47.1. The molecule has 0 fully saturated rings. The fraction of sp³-hybridized carbons (Fsp3) is 0.681. The Balaban J connectivity index is 4.28. The Morgan fingerprint density at radius 2 is 1.07 bits per heavy atom. The number of quaternary nitrogens is 1. The van der Waals surface area contributed by atoms with Crippen LogP contribution in [0.5, 0.6) is 0 Å². The van der Waals surface area contributed by atoms with Crippen LogP contribution in [0.1, 0.15) is 155 Å². The minimum Gasteiger partial charge on any atom is -0.477 e. The molecule has 0 heterocycles. The van der Waals surface area contributed by atoms with Crippen molar-refractivity contribution in [3.8, 4) is 0 Å². The Bertz CT molecular complexity index is 1130. The first-order valence-electron chi connectivity index (χ1n) is 21.5. The molecule has 0 aliphatic rings. The topological polar surface area (TPSA) is 99.1 Å². The molecule has 0 radical (unpaired) electrons. The highest BCUT2D eigenvalue weighted by Crippen LogP contribution is 2.13. The first-order chi connectivity index (χ1) is 26.6. The van der Waals surface area contributed by atoms with E-state index in [9.17, 15) is 19.5 Å². The summed E-state index contributed by atoms with van der Waals surface area (Å²) >= 11 is 0. The van der Waals surface area contributed by atoms with Crippen LogP contribution in [0.3, 0.4) is 0 Å². The number of hydrogen-bond donors (Lipinski definition) is 1. The Morgan fingerprint density at radius 3 is 1.60 bits per heavy atom. The van der Waals surface area contributed by atoms with Crippen molar-refractivity contribution in [2.45, 2.75) is 167 Å². The number of rotatable bonds is 37.